The third-order valence-corrected chi connectivity index (χ3v) is 3.35. The second-order valence-corrected chi connectivity index (χ2v) is 4.37. The van der Waals surface area contributed by atoms with Crippen molar-refractivity contribution in [2.24, 2.45) is 0 Å². The first-order valence-electron chi connectivity index (χ1n) is 6.23. The van der Waals surface area contributed by atoms with Crippen LogP contribution in [0, 0.1) is 0 Å². The average Bonchev–Trinajstić information content (AvgIpc) is 2.36. The SMILES string of the molecule is CCc1cccc2ccc(C(C)=O)c(CC)c12. The van der Waals surface area contributed by atoms with Crippen LogP contribution in [0.15, 0.2) is 30.3 Å². The largest absolute Gasteiger partial charge is 0.295 e. The van der Waals surface area contributed by atoms with Crippen molar-refractivity contribution in [2.45, 2.75) is 33.6 Å². The molecule has 0 aliphatic rings. The predicted molar refractivity (Wildman–Crippen MR) is 72.7 cm³/mol. The molecule has 0 aliphatic heterocycles. The standard InChI is InChI=1S/C16H18O/c1-4-12-7-6-8-13-9-10-15(11(3)17)14(5-2)16(12)13/h6-10H,4-5H2,1-3H3. The van der Waals surface area contributed by atoms with Gasteiger partial charge in [0.25, 0.3) is 0 Å². The fourth-order valence-electron chi connectivity index (χ4n) is 2.53. The minimum atomic E-state index is 0.162. The first-order chi connectivity index (χ1) is 8.19. The van der Waals surface area contributed by atoms with E-state index in [0.717, 1.165) is 18.4 Å². The second kappa shape index (κ2) is 4.70. The molecule has 0 aromatic heterocycles. The maximum atomic E-state index is 11.7. The molecular weight excluding hydrogens is 208 g/mol. The number of Topliss-reactive ketones (excluding diaryl/α,β-unsaturated/α-hetero) is 1. The Morgan fingerprint density at radius 1 is 1.06 bits per heavy atom. The fraction of sp³-hybridized carbons (Fsp3) is 0.312. The highest BCUT2D eigenvalue weighted by molar-refractivity contribution is 6.02. The van der Waals surface area contributed by atoms with E-state index in [1.54, 1.807) is 6.92 Å². The van der Waals surface area contributed by atoms with Crippen LogP contribution in [0.5, 0.6) is 0 Å². The number of carbonyl (C=O) groups excluding carboxylic acids is 1. The average molecular weight is 226 g/mol. The molecule has 0 amide bonds. The molecule has 0 saturated carbocycles. The monoisotopic (exact) mass is 226 g/mol. The van der Waals surface area contributed by atoms with Crippen LogP contribution in [0.25, 0.3) is 10.8 Å². The van der Waals surface area contributed by atoms with Gasteiger partial charge in [0, 0.05) is 5.56 Å². The molecule has 17 heavy (non-hydrogen) atoms. The maximum absolute atomic E-state index is 11.7. The van der Waals surface area contributed by atoms with Crippen LogP contribution in [-0.4, -0.2) is 5.78 Å². The lowest BCUT2D eigenvalue weighted by molar-refractivity contribution is 0.101. The van der Waals surface area contributed by atoms with E-state index in [4.69, 9.17) is 0 Å². The van der Waals surface area contributed by atoms with Gasteiger partial charge in [-0.3, -0.25) is 4.79 Å². The lowest BCUT2D eigenvalue weighted by Gasteiger charge is -2.12. The Hall–Kier alpha value is -1.63. The van der Waals surface area contributed by atoms with Gasteiger partial charge in [-0.05, 0) is 41.7 Å². The van der Waals surface area contributed by atoms with Crippen molar-refractivity contribution in [2.75, 3.05) is 0 Å². The van der Waals surface area contributed by atoms with E-state index < -0.39 is 0 Å². The van der Waals surface area contributed by atoms with Gasteiger partial charge >= 0.3 is 0 Å². The number of benzene rings is 2. The minimum Gasteiger partial charge on any atom is -0.295 e. The molecule has 0 saturated heterocycles. The van der Waals surface area contributed by atoms with E-state index in [1.165, 1.54) is 21.9 Å². The zero-order valence-electron chi connectivity index (χ0n) is 10.7. The number of carbonyl (C=O) groups is 1. The van der Waals surface area contributed by atoms with Crippen molar-refractivity contribution < 1.29 is 4.79 Å². The number of aryl methyl sites for hydroxylation is 2. The molecule has 0 heterocycles. The summed E-state index contributed by atoms with van der Waals surface area (Å²) in [6.45, 7) is 5.93. The Morgan fingerprint density at radius 3 is 2.41 bits per heavy atom. The Bertz CT molecular complexity index is 567. The van der Waals surface area contributed by atoms with Crippen LogP contribution in [0.4, 0.5) is 0 Å². The molecule has 2 aromatic carbocycles. The van der Waals surface area contributed by atoms with Crippen molar-refractivity contribution >= 4 is 16.6 Å². The summed E-state index contributed by atoms with van der Waals surface area (Å²) >= 11 is 0. The van der Waals surface area contributed by atoms with Crippen LogP contribution < -0.4 is 0 Å². The van der Waals surface area contributed by atoms with E-state index in [2.05, 4.69) is 38.1 Å². The molecule has 88 valence electrons. The summed E-state index contributed by atoms with van der Waals surface area (Å²) in [6.07, 6.45) is 1.91. The van der Waals surface area contributed by atoms with Crippen molar-refractivity contribution in [1.82, 2.24) is 0 Å². The molecule has 0 radical (unpaired) electrons. The highest BCUT2D eigenvalue weighted by Gasteiger charge is 2.11. The van der Waals surface area contributed by atoms with E-state index in [1.807, 2.05) is 6.07 Å². The van der Waals surface area contributed by atoms with Gasteiger partial charge in [-0.1, -0.05) is 44.2 Å². The molecule has 0 N–H and O–H groups in total. The molecule has 1 nitrogen and oxygen atoms in total. The topological polar surface area (TPSA) is 17.1 Å². The van der Waals surface area contributed by atoms with Crippen molar-refractivity contribution in [1.29, 1.82) is 0 Å². The normalized spacial score (nSPS) is 10.8. The van der Waals surface area contributed by atoms with Gasteiger partial charge in [0.2, 0.25) is 0 Å². The molecule has 2 rings (SSSR count). The molecule has 2 aromatic rings. The Balaban J connectivity index is 2.87. The number of ketones is 1. The van der Waals surface area contributed by atoms with Gasteiger partial charge in [0.15, 0.2) is 5.78 Å². The molecule has 0 spiro atoms. The summed E-state index contributed by atoms with van der Waals surface area (Å²) in [7, 11) is 0. The molecule has 0 bridgehead atoms. The molecule has 0 unspecified atom stereocenters. The van der Waals surface area contributed by atoms with E-state index in [9.17, 15) is 4.79 Å². The number of hydrogen-bond donors (Lipinski definition) is 0. The number of rotatable bonds is 3. The smallest absolute Gasteiger partial charge is 0.160 e. The van der Waals surface area contributed by atoms with Gasteiger partial charge in [0.1, 0.15) is 0 Å². The minimum absolute atomic E-state index is 0.162. The molecule has 0 aliphatic carbocycles. The first kappa shape index (κ1) is 11.8. The van der Waals surface area contributed by atoms with E-state index in [-0.39, 0.29) is 5.78 Å². The van der Waals surface area contributed by atoms with E-state index in [0.29, 0.717) is 0 Å². The Labute approximate surface area is 102 Å². The predicted octanol–water partition coefficient (Wildman–Crippen LogP) is 4.17. The van der Waals surface area contributed by atoms with Crippen molar-refractivity contribution in [3.8, 4) is 0 Å². The highest BCUT2D eigenvalue weighted by Crippen LogP contribution is 2.27. The molecule has 0 fully saturated rings. The summed E-state index contributed by atoms with van der Waals surface area (Å²) in [6, 6.07) is 10.4. The third-order valence-electron chi connectivity index (χ3n) is 3.35. The summed E-state index contributed by atoms with van der Waals surface area (Å²) in [5.41, 5.74) is 3.41. The fourth-order valence-corrected chi connectivity index (χ4v) is 2.53. The lowest BCUT2D eigenvalue weighted by Crippen LogP contribution is -2.01. The second-order valence-electron chi connectivity index (χ2n) is 4.37. The van der Waals surface area contributed by atoms with Crippen molar-refractivity contribution in [3.63, 3.8) is 0 Å². The zero-order valence-corrected chi connectivity index (χ0v) is 10.7. The Morgan fingerprint density at radius 2 is 1.82 bits per heavy atom. The summed E-state index contributed by atoms with van der Waals surface area (Å²) in [5, 5.41) is 2.52. The quantitative estimate of drug-likeness (QED) is 0.718. The zero-order chi connectivity index (χ0) is 12.4. The van der Waals surface area contributed by atoms with Gasteiger partial charge in [-0.25, -0.2) is 0 Å². The number of hydrogen-bond acceptors (Lipinski definition) is 1. The molecule has 1 heteroatoms. The summed E-state index contributed by atoms with van der Waals surface area (Å²) < 4.78 is 0. The van der Waals surface area contributed by atoms with Crippen LogP contribution in [0.3, 0.4) is 0 Å². The van der Waals surface area contributed by atoms with Crippen LogP contribution in [0.1, 0.15) is 42.3 Å². The van der Waals surface area contributed by atoms with Gasteiger partial charge < -0.3 is 0 Å². The van der Waals surface area contributed by atoms with Crippen LogP contribution in [0.2, 0.25) is 0 Å². The van der Waals surface area contributed by atoms with Gasteiger partial charge in [-0.2, -0.15) is 0 Å². The van der Waals surface area contributed by atoms with Gasteiger partial charge in [-0.15, -0.1) is 0 Å². The summed E-state index contributed by atoms with van der Waals surface area (Å²) in [4.78, 5) is 11.7. The van der Waals surface area contributed by atoms with Crippen LogP contribution >= 0.6 is 0 Å². The Kier molecular flexibility index (Phi) is 3.28. The lowest BCUT2D eigenvalue weighted by atomic mass is 9.91. The third kappa shape index (κ3) is 1.97. The van der Waals surface area contributed by atoms with Crippen molar-refractivity contribution in [3.05, 3.63) is 47.0 Å². The molecular formula is C16H18O. The first-order valence-corrected chi connectivity index (χ1v) is 6.23. The van der Waals surface area contributed by atoms with Gasteiger partial charge in [0.05, 0.1) is 0 Å². The van der Waals surface area contributed by atoms with Crippen LogP contribution in [-0.2, 0) is 12.8 Å². The summed E-state index contributed by atoms with van der Waals surface area (Å²) in [5.74, 6) is 0.162. The maximum Gasteiger partial charge on any atom is 0.160 e. The molecule has 0 atom stereocenters. The number of fused-ring (bicyclic) bond motifs is 1. The van der Waals surface area contributed by atoms with E-state index >= 15 is 0 Å². The highest BCUT2D eigenvalue weighted by atomic mass is 16.1.